The molecule has 0 bridgehead atoms. The lowest BCUT2D eigenvalue weighted by atomic mass is 9.84. The Morgan fingerprint density at radius 3 is 2.17 bits per heavy atom. The summed E-state index contributed by atoms with van der Waals surface area (Å²) in [7, 11) is 0. The minimum atomic E-state index is 0.0815. The summed E-state index contributed by atoms with van der Waals surface area (Å²) in [5, 5.41) is 0. The number of aromatic nitrogens is 4. The lowest BCUT2D eigenvalue weighted by molar-refractivity contribution is 0.416. The highest BCUT2D eigenvalue weighted by atomic mass is 15.0. The molecule has 0 aliphatic heterocycles. The maximum atomic E-state index is 4.91. The second-order valence-electron chi connectivity index (χ2n) is 9.00. The van der Waals surface area contributed by atoms with Crippen LogP contribution in [-0.2, 0) is 5.41 Å². The van der Waals surface area contributed by atoms with Gasteiger partial charge in [0.05, 0.1) is 22.1 Å². The molecule has 152 valence electrons. The first-order chi connectivity index (χ1) is 13.8. The van der Waals surface area contributed by atoms with Crippen LogP contribution in [0, 0.1) is 13.8 Å². The van der Waals surface area contributed by atoms with Gasteiger partial charge in [-0.1, -0.05) is 40.7 Å². The first kappa shape index (κ1) is 19.7. The third-order valence-corrected chi connectivity index (χ3v) is 6.71. The summed E-state index contributed by atoms with van der Waals surface area (Å²) in [5.74, 6) is 2.52. The van der Waals surface area contributed by atoms with E-state index in [4.69, 9.17) is 9.97 Å². The zero-order chi connectivity index (χ0) is 20.9. The van der Waals surface area contributed by atoms with Crippen molar-refractivity contribution in [2.45, 2.75) is 72.6 Å². The van der Waals surface area contributed by atoms with Crippen molar-refractivity contribution >= 4 is 22.1 Å². The molecule has 2 heterocycles. The highest BCUT2D eigenvalue weighted by Gasteiger charge is 2.26. The van der Waals surface area contributed by atoms with Crippen LogP contribution in [0.2, 0.25) is 0 Å². The van der Waals surface area contributed by atoms with Gasteiger partial charge in [0.1, 0.15) is 11.6 Å². The molecular formula is C25H32N4. The van der Waals surface area contributed by atoms with Crippen molar-refractivity contribution in [2.75, 3.05) is 0 Å². The molecule has 4 heteroatoms. The molecular weight excluding hydrogens is 356 g/mol. The molecule has 0 fully saturated rings. The lowest BCUT2D eigenvalue weighted by Crippen LogP contribution is -2.21. The number of benzene rings is 2. The van der Waals surface area contributed by atoms with Crippen LogP contribution in [0.25, 0.3) is 33.5 Å². The minimum absolute atomic E-state index is 0.0815. The third kappa shape index (κ3) is 3.25. The zero-order valence-electron chi connectivity index (χ0n) is 18.7. The summed E-state index contributed by atoms with van der Waals surface area (Å²) in [6.07, 6.45) is 2.13. The summed E-state index contributed by atoms with van der Waals surface area (Å²) < 4.78 is 0. The van der Waals surface area contributed by atoms with Gasteiger partial charge >= 0.3 is 0 Å². The fourth-order valence-corrected chi connectivity index (χ4v) is 4.23. The molecule has 2 N–H and O–H groups in total. The highest BCUT2D eigenvalue weighted by molar-refractivity contribution is 5.93. The Hall–Kier alpha value is -2.62. The van der Waals surface area contributed by atoms with Crippen molar-refractivity contribution in [1.82, 2.24) is 19.9 Å². The van der Waals surface area contributed by atoms with Gasteiger partial charge in [-0.2, -0.15) is 0 Å². The van der Waals surface area contributed by atoms with Crippen LogP contribution in [0.4, 0.5) is 0 Å². The van der Waals surface area contributed by atoms with Gasteiger partial charge in [0.2, 0.25) is 0 Å². The van der Waals surface area contributed by atoms with E-state index in [2.05, 4.69) is 82.7 Å². The number of nitrogens with one attached hydrogen (secondary N) is 2. The quantitative estimate of drug-likeness (QED) is 0.390. The number of H-pyrrole nitrogens is 2. The van der Waals surface area contributed by atoms with Crippen LogP contribution in [0.15, 0.2) is 24.3 Å². The predicted octanol–water partition coefficient (Wildman–Crippen LogP) is 6.92. The number of rotatable bonds is 5. The average Bonchev–Trinajstić information content (AvgIpc) is 3.29. The molecule has 0 amide bonds. The van der Waals surface area contributed by atoms with Gasteiger partial charge < -0.3 is 9.97 Å². The van der Waals surface area contributed by atoms with Crippen molar-refractivity contribution in [3.63, 3.8) is 0 Å². The topological polar surface area (TPSA) is 57.4 Å². The molecule has 2 aromatic heterocycles. The third-order valence-electron chi connectivity index (χ3n) is 6.71. The standard InChI is InChI=1S/C25H32N4/c1-8-25(7,9-2)24-28-21-12-19-20(13-22(21)29-24)27-23(26-19)18-11-15(5)17(14(3)4)10-16(18)6/h10-14H,8-9H2,1-7H3,(H,26,27)(H,28,29). The summed E-state index contributed by atoms with van der Waals surface area (Å²) in [6.45, 7) is 15.6. The number of aryl methyl sites for hydroxylation is 2. The second-order valence-corrected chi connectivity index (χ2v) is 9.00. The van der Waals surface area contributed by atoms with Crippen LogP contribution in [-0.4, -0.2) is 19.9 Å². The summed E-state index contributed by atoms with van der Waals surface area (Å²) >= 11 is 0. The summed E-state index contributed by atoms with van der Waals surface area (Å²) in [6, 6.07) is 8.81. The van der Waals surface area contributed by atoms with E-state index >= 15 is 0 Å². The van der Waals surface area contributed by atoms with Crippen LogP contribution in [0.1, 0.15) is 75.9 Å². The normalized spacial score (nSPS) is 12.6. The molecule has 4 aromatic rings. The van der Waals surface area contributed by atoms with E-state index in [1.807, 2.05) is 0 Å². The van der Waals surface area contributed by atoms with Gasteiger partial charge in [-0.25, -0.2) is 9.97 Å². The number of hydrogen-bond acceptors (Lipinski definition) is 2. The van der Waals surface area contributed by atoms with E-state index in [0.29, 0.717) is 5.92 Å². The van der Waals surface area contributed by atoms with E-state index < -0.39 is 0 Å². The van der Waals surface area contributed by atoms with Crippen molar-refractivity contribution in [2.24, 2.45) is 0 Å². The Morgan fingerprint density at radius 2 is 1.52 bits per heavy atom. The van der Waals surface area contributed by atoms with Gasteiger partial charge in [-0.15, -0.1) is 0 Å². The molecule has 0 unspecified atom stereocenters. The van der Waals surface area contributed by atoms with E-state index in [-0.39, 0.29) is 5.41 Å². The maximum absolute atomic E-state index is 4.91. The smallest absolute Gasteiger partial charge is 0.138 e. The molecule has 0 atom stereocenters. The number of aromatic amines is 2. The fraction of sp³-hybridized carbons (Fsp3) is 0.440. The summed E-state index contributed by atoms with van der Waals surface area (Å²) in [4.78, 5) is 16.9. The van der Waals surface area contributed by atoms with Crippen molar-refractivity contribution in [3.05, 3.63) is 46.8 Å². The zero-order valence-corrected chi connectivity index (χ0v) is 18.7. The highest BCUT2D eigenvalue weighted by Crippen LogP contribution is 2.33. The van der Waals surface area contributed by atoms with Gasteiger partial charge in [0.15, 0.2) is 0 Å². The Labute approximate surface area is 173 Å². The molecule has 0 saturated carbocycles. The number of hydrogen-bond donors (Lipinski definition) is 2. The number of nitrogens with zero attached hydrogens (tertiary/aromatic N) is 2. The predicted molar refractivity (Wildman–Crippen MR) is 123 cm³/mol. The minimum Gasteiger partial charge on any atom is -0.341 e. The van der Waals surface area contributed by atoms with Gasteiger partial charge in [-0.05, 0) is 67.5 Å². The molecule has 0 saturated heterocycles. The molecule has 4 nitrogen and oxygen atoms in total. The molecule has 0 spiro atoms. The van der Waals surface area contributed by atoms with E-state index in [9.17, 15) is 0 Å². The van der Waals surface area contributed by atoms with Gasteiger partial charge in [0, 0.05) is 11.0 Å². The van der Waals surface area contributed by atoms with Crippen molar-refractivity contribution in [1.29, 1.82) is 0 Å². The van der Waals surface area contributed by atoms with Gasteiger partial charge in [0.25, 0.3) is 0 Å². The molecule has 0 aliphatic rings. The molecule has 29 heavy (non-hydrogen) atoms. The van der Waals surface area contributed by atoms with Crippen LogP contribution in [0.3, 0.4) is 0 Å². The first-order valence-corrected chi connectivity index (χ1v) is 10.8. The largest absolute Gasteiger partial charge is 0.341 e. The van der Waals surface area contributed by atoms with E-state index in [1.54, 1.807) is 0 Å². The molecule has 0 radical (unpaired) electrons. The van der Waals surface area contributed by atoms with Crippen molar-refractivity contribution < 1.29 is 0 Å². The molecule has 2 aromatic carbocycles. The lowest BCUT2D eigenvalue weighted by Gasteiger charge is -2.23. The van der Waals surface area contributed by atoms with Crippen LogP contribution in [0.5, 0.6) is 0 Å². The van der Waals surface area contributed by atoms with E-state index in [0.717, 1.165) is 46.6 Å². The molecule has 4 rings (SSSR count). The summed E-state index contributed by atoms with van der Waals surface area (Å²) in [5.41, 5.74) is 9.29. The van der Waals surface area contributed by atoms with Crippen molar-refractivity contribution in [3.8, 4) is 11.4 Å². The fourth-order valence-electron chi connectivity index (χ4n) is 4.23. The second kappa shape index (κ2) is 7.01. The Morgan fingerprint density at radius 1 is 0.862 bits per heavy atom. The van der Waals surface area contributed by atoms with Crippen LogP contribution >= 0.6 is 0 Å². The SMILES string of the molecule is CCC(C)(CC)c1nc2cc3nc(-c4cc(C)c(C(C)C)cc4C)[nH]c3cc2[nH]1. The monoisotopic (exact) mass is 388 g/mol. The number of fused-ring (bicyclic) bond motifs is 2. The van der Waals surface area contributed by atoms with E-state index in [1.165, 1.54) is 22.3 Å². The van der Waals surface area contributed by atoms with Crippen LogP contribution < -0.4 is 0 Å². The maximum Gasteiger partial charge on any atom is 0.138 e. The Balaban J connectivity index is 1.81. The Kier molecular flexibility index (Phi) is 4.76. The number of imidazole rings is 2. The Bertz CT molecular complexity index is 1140. The first-order valence-electron chi connectivity index (χ1n) is 10.8. The van der Waals surface area contributed by atoms with Gasteiger partial charge in [-0.3, -0.25) is 0 Å². The molecule has 0 aliphatic carbocycles. The average molecular weight is 389 g/mol.